The number of benzene rings is 2. The fourth-order valence-corrected chi connectivity index (χ4v) is 4.46. The number of nitriles is 1. The number of aliphatic hydroxyl groups excluding tert-OH is 2. The lowest BCUT2D eigenvalue weighted by atomic mass is 10.0. The van der Waals surface area contributed by atoms with E-state index in [4.69, 9.17) is 9.26 Å². The van der Waals surface area contributed by atoms with Crippen LogP contribution in [0.4, 0.5) is 0 Å². The summed E-state index contributed by atoms with van der Waals surface area (Å²) in [4.78, 5) is 6.73. The summed E-state index contributed by atoms with van der Waals surface area (Å²) >= 11 is 0. The van der Waals surface area contributed by atoms with Gasteiger partial charge >= 0.3 is 0 Å². The fraction of sp³-hybridized carbons (Fsp3) is 0.444. The van der Waals surface area contributed by atoms with Crippen LogP contribution in [0.1, 0.15) is 56.8 Å². The number of nitrogens with zero attached hydrogens (tertiary/aromatic N) is 4. The highest BCUT2D eigenvalue weighted by molar-refractivity contribution is 5.67. The standard InChI is InChI=1S/C25H28N4O4.C2H6/c1-16(2)32-23-9-6-17(14-18(23)15-26)25-27-24(28-33-25)21-5-3-4-20-19(21)7-8-22(20)29(10-12-30)11-13-31;1-2/h3-6,9,14,16,22,30-31H,7-8,10-13H2,1-2H3;1-2H3/t22-;/m1./s1. The van der Waals surface area contributed by atoms with Crippen LogP contribution in [0.25, 0.3) is 22.8 Å². The van der Waals surface area contributed by atoms with E-state index in [1.54, 1.807) is 12.1 Å². The molecule has 0 bridgehead atoms. The van der Waals surface area contributed by atoms with Crippen molar-refractivity contribution in [3.8, 4) is 34.7 Å². The van der Waals surface area contributed by atoms with E-state index >= 15 is 0 Å². The number of hydrogen-bond acceptors (Lipinski definition) is 8. The van der Waals surface area contributed by atoms with E-state index in [1.807, 2.05) is 45.9 Å². The maximum Gasteiger partial charge on any atom is 0.258 e. The van der Waals surface area contributed by atoms with Crippen LogP contribution in [0.15, 0.2) is 40.9 Å². The molecule has 186 valence electrons. The molecule has 0 amide bonds. The zero-order valence-electron chi connectivity index (χ0n) is 20.9. The number of aliphatic hydroxyl groups is 2. The first-order chi connectivity index (χ1) is 17.0. The zero-order valence-corrected chi connectivity index (χ0v) is 20.9. The van der Waals surface area contributed by atoms with Gasteiger partial charge in [-0.15, -0.1) is 0 Å². The Morgan fingerprint density at radius 3 is 2.57 bits per heavy atom. The van der Waals surface area contributed by atoms with Gasteiger partial charge in [0.25, 0.3) is 5.89 Å². The zero-order chi connectivity index (χ0) is 25.4. The van der Waals surface area contributed by atoms with Crippen LogP contribution in [0.3, 0.4) is 0 Å². The highest BCUT2D eigenvalue weighted by Crippen LogP contribution is 2.40. The van der Waals surface area contributed by atoms with Gasteiger partial charge in [-0.1, -0.05) is 37.2 Å². The van der Waals surface area contributed by atoms with Crippen LogP contribution < -0.4 is 4.74 Å². The second-order valence-electron chi connectivity index (χ2n) is 8.32. The molecule has 1 aromatic heterocycles. The molecule has 1 aliphatic rings. The molecular formula is C27H34N4O4. The second-order valence-corrected chi connectivity index (χ2v) is 8.32. The summed E-state index contributed by atoms with van der Waals surface area (Å²) in [6.07, 6.45) is 1.72. The predicted octanol–water partition coefficient (Wildman–Crippen LogP) is 4.36. The first kappa shape index (κ1) is 26.4. The fourth-order valence-electron chi connectivity index (χ4n) is 4.46. The van der Waals surface area contributed by atoms with Crippen molar-refractivity contribution in [1.82, 2.24) is 15.0 Å². The van der Waals surface area contributed by atoms with Crippen molar-refractivity contribution in [2.45, 2.75) is 52.7 Å². The average Bonchev–Trinajstić information content (AvgIpc) is 3.53. The normalized spacial score (nSPS) is 14.4. The number of rotatable bonds is 9. The van der Waals surface area contributed by atoms with Crippen molar-refractivity contribution in [1.29, 1.82) is 5.26 Å². The number of ether oxygens (including phenoxy) is 1. The van der Waals surface area contributed by atoms with Crippen LogP contribution >= 0.6 is 0 Å². The maximum absolute atomic E-state index is 9.51. The van der Waals surface area contributed by atoms with Gasteiger partial charge in [-0.3, -0.25) is 4.90 Å². The largest absolute Gasteiger partial charge is 0.490 e. The van der Waals surface area contributed by atoms with Gasteiger partial charge < -0.3 is 19.5 Å². The van der Waals surface area contributed by atoms with E-state index in [2.05, 4.69) is 27.2 Å². The van der Waals surface area contributed by atoms with Crippen LogP contribution in [0, 0.1) is 11.3 Å². The van der Waals surface area contributed by atoms with E-state index in [-0.39, 0.29) is 25.4 Å². The summed E-state index contributed by atoms with van der Waals surface area (Å²) in [7, 11) is 0. The molecule has 1 heterocycles. The predicted molar refractivity (Wildman–Crippen MR) is 134 cm³/mol. The molecule has 8 heteroatoms. The van der Waals surface area contributed by atoms with Crippen molar-refractivity contribution < 1.29 is 19.5 Å². The van der Waals surface area contributed by atoms with Gasteiger partial charge in [0.1, 0.15) is 11.8 Å². The Bertz CT molecular complexity index is 1150. The molecule has 1 atom stereocenters. The smallest absolute Gasteiger partial charge is 0.258 e. The third-order valence-electron chi connectivity index (χ3n) is 5.83. The lowest BCUT2D eigenvalue weighted by Gasteiger charge is -2.28. The Hall–Kier alpha value is -3.25. The molecule has 0 spiro atoms. The molecule has 2 N–H and O–H groups in total. The summed E-state index contributed by atoms with van der Waals surface area (Å²) < 4.78 is 11.2. The average molecular weight is 479 g/mol. The molecule has 0 saturated carbocycles. The van der Waals surface area contributed by atoms with E-state index in [0.29, 0.717) is 41.7 Å². The number of hydrogen-bond donors (Lipinski definition) is 2. The third kappa shape index (κ3) is 5.88. The Balaban J connectivity index is 0.00000167. The molecule has 3 aromatic rings. The molecule has 35 heavy (non-hydrogen) atoms. The quantitative estimate of drug-likeness (QED) is 0.466. The van der Waals surface area contributed by atoms with Crippen molar-refractivity contribution >= 4 is 0 Å². The van der Waals surface area contributed by atoms with Crippen molar-refractivity contribution in [2.24, 2.45) is 0 Å². The first-order valence-electron chi connectivity index (χ1n) is 12.2. The number of fused-ring (bicyclic) bond motifs is 1. The molecule has 4 rings (SSSR count). The Labute approximate surface area is 206 Å². The topological polar surface area (TPSA) is 116 Å². The molecule has 0 saturated heterocycles. The van der Waals surface area contributed by atoms with Gasteiger partial charge in [0.2, 0.25) is 5.82 Å². The van der Waals surface area contributed by atoms with Crippen LogP contribution in [0.5, 0.6) is 5.75 Å². The van der Waals surface area contributed by atoms with Gasteiger partial charge in [0.15, 0.2) is 0 Å². The van der Waals surface area contributed by atoms with E-state index in [1.165, 1.54) is 5.56 Å². The van der Waals surface area contributed by atoms with E-state index in [9.17, 15) is 15.5 Å². The van der Waals surface area contributed by atoms with Crippen LogP contribution in [-0.2, 0) is 6.42 Å². The summed E-state index contributed by atoms with van der Waals surface area (Å²) in [5, 5.41) is 32.6. The summed E-state index contributed by atoms with van der Waals surface area (Å²) in [6.45, 7) is 8.94. The molecule has 0 unspecified atom stereocenters. The van der Waals surface area contributed by atoms with E-state index < -0.39 is 0 Å². The SMILES string of the molecule is CC.CC(C)Oc1ccc(-c2nc(-c3cccc4c3CC[C@H]4N(CCO)CCO)no2)cc1C#N. The van der Waals surface area contributed by atoms with E-state index in [0.717, 1.165) is 24.0 Å². The van der Waals surface area contributed by atoms with Crippen LogP contribution in [0.2, 0.25) is 0 Å². The number of aromatic nitrogens is 2. The van der Waals surface area contributed by atoms with Gasteiger partial charge in [-0.25, -0.2) is 0 Å². The minimum atomic E-state index is -0.0346. The van der Waals surface area contributed by atoms with Crippen molar-refractivity contribution in [3.05, 3.63) is 53.1 Å². The Morgan fingerprint density at radius 1 is 1.17 bits per heavy atom. The van der Waals surface area contributed by atoms with Crippen molar-refractivity contribution in [3.63, 3.8) is 0 Å². The lowest BCUT2D eigenvalue weighted by Crippen LogP contribution is -2.32. The van der Waals surface area contributed by atoms with Gasteiger partial charge in [0, 0.05) is 30.3 Å². The van der Waals surface area contributed by atoms with Gasteiger partial charge in [-0.2, -0.15) is 10.2 Å². The minimum absolute atomic E-state index is 0.0346. The Morgan fingerprint density at radius 2 is 1.91 bits per heavy atom. The monoisotopic (exact) mass is 478 g/mol. The minimum Gasteiger partial charge on any atom is -0.490 e. The first-order valence-corrected chi connectivity index (χ1v) is 12.2. The summed E-state index contributed by atoms with van der Waals surface area (Å²) in [6, 6.07) is 13.6. The van der Waals surface area contributed by atoms with Crippen LogP contribution in [-0.4, -0.2) is 57.7 Å². The third-order valence-corrected chi connectivity index (χ3v) is 5.83. The highest BCUT2D eigenvalue weighted by Gasteiger charge is 2.30. The Kier molecular flexibility index (Phi) is 9.38. The molecule has 2 aromatic carbocycles. The van der Waals surface area contributed by atoms with Gasteiger partial charge in [0.05, 0.1) is 24.9 Å². The molecule has 8 nitrogen and oxygen atoms in total. The molecule has 0 aliphatic heterocycles. The maximum atomic E-state index is 9.51. The molecular weight excluding hydrogens is 444 g/mol. The molecule has 0 radical (unpaired) electrons. The second kappa shape index (κ2) is 12.5. The molecule has 0 fully saturated rings. The summed E-state index contributed by atoms with van der Waals surface area (Å²) in [5.41, 5.74) is 4.32. The van der Waals surface area contributed by atoms with Crippen molar-refractivity contribution in [2.75, 3.05) is 26.3 Å². The highest BCUT2D eigenvalue weighted by atomic mass is 16.5. The van der Waals surface area contributed by atoms with Gasteiger partial charge in [-0.05, 0) is 56.0 Å². The lowest BCUT2D eigenvalue weighted by molar-refractivity contribution is 0.121. The molecule has 1 aliphatic carbocycles. The summed E-state index contributed by atoms with van der Waals surface area (Å²) in [5.74, 6) is 1.37.